The van der Waals surface area contributed by atoms with Gasteiger partial charge in [0.25, 0.3) is 10.0 Å². The van der Waals surface area contributed by atoms with Gasteiger partial charge in [0.1, 0.15) is 17.3 Å². The molecular weight excluding hydrogens is 292 g/mol. The van der Waals surface area contributed by atoms with Crippen LogP contribution in [-0.4, -0.2) is 31.9 Å². The minimum Gasteiger partial charge on any atom is -0.480 e. The van der Waals surface area contributed by atoms with Crippen LogP contribution in [0.25, 0.3) is 4.91 Å². The van der Waals surface area contributed by atoms with E-state index < -0.39 is 22.5 Å². The molecule has 1 heterocycles. The maximum atomic E-state index is 12.2. The molecule has 112 valence electrons. The lowest BCUT2D eigenvalue weighted by molar-refractivity contribution is -0.135. The molecule has 0 radical (unpaired) electrons. The second kappa shape index (κ2) is 5.33. The summed E-state index contributed by atoms with van der Waals surface area (Å²) in [5.41, 5.74) is 3.06. The van der Waals surface area contributed by atoms with E-state index in [0.717, 1.165) is 11.1 Å². The van der Waals surface area contributed by atoms with E-state index in [-0.39, 0.29) is 10.7 Å². The first-order valence-electron chi connectivity index (χ1n) is 6.30. The van der Waals surface area contributed by atoms with Gasteiger partial charge in [0.2, 0.25) is 0 Å². The normalized spacial score (nSPS) is 18.9. The first-order valence-corrected chi connectivity index (χ1v) is 7.78. The third kappa shape index (κ3) is 2.97. The van der Waals surface area contributed by atoms with Gasteiger partial charge in [0.05, 0.1) is 0 Å². The average Bonchev–Trinajstić information content (AvgIpc) is 2.60. The molecule has 0 fully saturated rings. The fourth-order valence-electron chi connectivity index (χ4n) is 2.12. The van der Waals surface area contributed by atoms with Crippen molar-refractivity contribution >= 4 is 26.7 Å². The highest BCUT2D eigenvalue weighted by Crippen LogP contribution is 2.30. The average molecular weight is 308 g/mol. The summed E-state index contributed by atoms with van der Waals surface area (Å²) in [6.07, 6.45) is 0. The maximum Gasteiger partial charge on any atom is 0.325 e. The SMILES string of the molecule is CC1=C(c2ccc(C)c(C)c2)S(=O)(=O)NC1=NCC(=O)O. The number of carboxylic acid groups (broad SMARTS) is 1. The Bertz CT molecular complexity index is 776. The van der Waals surface area contributed by atoms with Crippen LogP contribution in [0, 0.1) is 13.8 Å². The molecule has 2 rings (SSSR count). The molecule has 0 saturated heterocycles. The monoisotopic (exact) mass is 308 g/mol. The smallest absolute Gasteiger partial charge is 0.325 e. The standard InChI is InChI=1S/C14H16N2O4S/c1-8-4-5-11(6-9(8)2)13-10(3)14(15-7-12(17)18)16-21(13,19)20/h4-6H,7H2,1-3H3,(H,15,16)(H,17,18). The lowest BCUT2D eigenvalue weighted by atomic mass is 10.0. The number of aliphatic carboxylic acids is 1. The maximum absolute atomic E-state index is 12.2. The Labute approximate surface area is 123 Å². The quantitative estimate of drug-likeness (QED) is 0.883. The third-order valence-corrected chi connectivity index (χ3v) is 4.88. The Morgan fingerprint density at radius 3 is 2.48 bits per heavy atom. The van der Waals surface area contributed by atoms with Gasteiger partial charge in [-0.05, 0) is 37.5 Å². The number of hydrogen-bond donors (Lipinski definition) is 2. The minimum atomic E-state index is -3.71. The fraction of sp³-hybridized carbons (Fsp3) is 0.286. The van der Waals surface area contributed by atoms with Gasteiger partial charge in [-0.25, -0.2) is 8.42 Å². The second-order valence-electron chi connectivity index (χ2n) is 4.92. The summed E-state index contributed by atoms with van der Waals surface area (Å²) in [5, 5.41) is 8.64. The van der Waals surface area contributed by atoms with Gasteiger partial charge in [-0.2, -0.15) is 0 Å². The molecule has 0 unspecified atom stereocenters. The first-order chi connectivity index (χ1) is 9.72. The molecule has 0 bridgehead atoms. The lowest BCUT2D eigenvalue weighted by Crippen LogP contribution is -2.24. The largest absolute Gasteiger partial charge is 0.480 e. The molecule has 1 aliphatic heterocycles. The molecule has 7 heteroatoms. The summed E-state index contributed by atoms with van der Waals surface area (Å²) in [5.74, 6) is -1.03. The van der Waals surface area contributed by atoms with E-state index in [2.05, 4.69) is 9.71 Å². The summed E-state index contributed by atoms with van der Waals surface area (Å²) < 4.78 is 26.8. The van der Waals surface area contributed by atoms with Crippen LogP contribution in [0.4, 0.5) is 0 Å². The molecule has 0 saturated carbocycles. The van der Waals surface area contributed by atoms with Gasteiger partial charge in [-0.1, -0.05) is 18.2 Å². The number of hydrogen-bond acceptors (Lipinski definition) is 4. The molecule has 1 aromatic carbocycles. The molecule has 0 atom stereocenters. The Kier molecular flexibility index (Phi) is 3.87. The molecule has 1 aromatic rings. The van der Waals surface area contributed by atoms with Crippen molar-refractivity contribution in [2.45, 2.75) is 20.8 Å². The van der Waals surface area contributed by atoms with Crippen molar-refractivity contribution in [1.82, 2.24) is 4.72 Å². The zero-order valence-electron chi connectivity index (χ0n) is 12.0. The van der Waals surface area contributed by atoms with Crippen molar-refractivity contribution in [3.8, 4) is 0 Å². The van der Waals surface area contributed by atoms with Gasteiger partial charge in [0.15, 0.2) is 0 Å². The number of benzene rings is 1. The topological polar surface area (TPSA) is 95.8 Å². The zero-order chi connectivity index (χ0) is 15.8. The predicted molar refractivity (Wildman–Crippen MR) is 80.5 cm³/mol. The molecule has 2 N–H and O–H groups in total. The Morgan fingerprint density at radius 1 is 1.24 bits per heavy atom. The summed E-state index contributed by atoms with van der Waals surface area (Å²) in [6, 6.07) is 5.39. The van der Waals surface area contributed by atoms with Crippen LogP contribution >= 0.6 is 0 Å². The van der Waals surface area contributed by atoms with Crippen LogP contribution in [0.2, 0.25) is 0 Å². The summed E-state index contributed by atoms with van der Waals surface area (Å²) in [7, 11) is -3.71. The van der Waals surface area contributed by atoms with E-state index in [9.17, 15) is 13.2 Å². The number of aryl methyl sites for hydroxylation is 2. The van der Waals surface area contributed by atoms with Crippen LogP contribution in [0.5, 0.6) is 0 Å². The van der Waals surface area contributed by atoms with E-state index in [0.29, 0.717) is 11.1 Å². The summed E-state index contributed by atoms with van der Waals surface area (Å²) in [6.45, 7) is 4.99. The van der Waals surface area contributed by atoms with Crippen molar-refractivity contribution < 1.29 is 18.3 Å². The van der Waals surface area contributed by atoms with Gasteiger partial charge < -0.3 is 5.11 Å². The number of amidine groups is 1. The molecule has 1 aliphatic rings. The van der Waals surface area contributed by atoms with E-state index in [4.69, 9.17) is 5.11 Å². The summed E-state index contributed by atoms with van der Waals surface area (Å²) >= 11 is 0. The van der Waals surface area contributed by atoms with E-state index in [1.54, 1.807) is 19.1 Å². The highest BCUT2D eigenvalue weighted by Gasteiger charge is 2.32. The molecule has 0 amide bonds. The van der Waals surface area contributed by atoms with E-state index in [1.807, 2.05) is 19.9 Å². The number of sulfonamides is 1. The van der Waals surface area contributed by atoms with Crippen LogP contribution < -0.4 is 4.72 Å². The van der Waals surface area contributed by atoms with Crippen molar-refractivity contribution in [3.05, 3.63) is 40.5 Å². The van der Waals surface area contributed by atoms with Gasteiger partial charge in [-0.15, -0.1) is 0 Å². The second-order valence-corrected chi connectivity index (χ2v) is 6.54. The Hall–Kier alpha value is -2.15. The number of aliphatic imine (C=N–C) groups is 1. The third-order valence-electron chi connectivity index (χ3n) is 3.34. The highest BCUT2D eigenvalue weighted by atomic mass is 32.2. The number of nitrogens with one attached hydrogen (secondary N) is 1. The molecule has 21 heavy (non-hydrogen) atoms. The number of nitrogens with zero attached hydrogens (tertiary/aromatic N) is 1. The minimum absolute atomic E-state index is 0.0885. The van der Waals surface area contributed by atoms with Crippen LogP contribution in [0.3, 0.4) is 0 Å². The number of carboxylic acids is 1. The van der Waals surface area contributed by atoms with Crippen LogP contribution in [0.1, 0.15) is 23.6 Å². The van der Waals surface area contributed by atoms with Gasteiger partial charge in [0, 0.05) is 5.57 Å². The predicted octanol–water partition coefficient (Wildman–Crippen LogP) is 1.45. The molecular formula is C14H16N2O4S. The molecule has 0 aromatic heterocycles. The van der Waals surface area contributed by atoms with Crippen molar-refractivity contribution in [3.63, 3.8) is 0 Å². The van der Waals surface area contributed by atoms with Gasteiger partial charge >= 0.3 is 5.97 Å². The Balaban J connectivity index is 2.55. The van der Waals surface area contributed by atoms with E-state index in [1.165, 1.54) is 0 Å². The van der Waals surface area contributed by atoms with Crippen LogP contribution in [0.15, 0.2) is 28.8 Å². The van der Waals surface area contributed by atoms with Crippen molar-refractivity contribution in [2.75, 3.05) is 6.54 Å². The number of rotatable bonds is 3. The van der Waals surface area contributed by atoms with Crippen molar-refractivity contribution in [1.29, 1.82) is 0 Å². The first kappa shape index (κ1) is 15.2. The van der Waals surface area contributed by atoms with Crippen LogP contribution in [-0.2, 0) is 14.8 Å². The Morgan fingerprint density at radius 2 is 1.90 bits per heavy atom. The summed E-state index contributed by atoms with van der Waals surface area (Å²) in [4.78, 5) is 14.5. The highest BCUT2D eigenvalue weighted by molar-refractivity contribution is 8.00. The number of carbonyl (C=O) groups is 1. The molecule has 0 aliphatic carbocycles. The fourth-order valence-corrected chi connectivity index (χ4v) is 3.63. The van der Waals surface area contributed by atoms with E-state index >= 15 is 0 Å². The van der Waals surface area contributed by atoms with Gasteiger partial charge in [-0.3, -0.25) is 14.5 Å². The van der Waals surface area contributed by atoms with Crippen molar-refractivity contribution in [2.24, 2.45) is 4.99 Å². The lowest BCUT2D eigenvalue weighted by Gasteiger charge is -2.06. The zero-order valence-corrected chi connectivity index (χ0v) is 12.8. The molecule has 6 nitrogen and oxygen atoms in total. The molecule has 0 spiro atoms.